The second kappa shape index (κ2) is 16.7. The number of rotatable bonds is 18. The van der Waals surface area contributed by atoms with Crippen molar-refractivity contribution in [1.29, 1.82) is 0 Å². The molecule has 0 aliphatic heterocycles. The number of hydrogen-bond donors (Lipinski definition) is 2. The van der Waals surface area contributed by atoms with Crippen molar-refractivity contribution in [2.75, 3.05) is 13.7 Å². The Morgan fingerprint density at radius 1 is 0.935 bits per heavy atom. The second-order valence-corrected chi connectivity index (χ2v) is 7.97. The highest BCUT2D eigenvalue weighted by molar-refractivity contribution is 5.75. The minimum Gasteiger partial charge on any atom is -0.480 e. The van der Waals surface area contributed by atoms with Gasteiger partial charge < -0.3 is 19.8 Å². The molecule has 176 valence electrons. The van der Waals surface area contributed by atoms with Crippen LogP contribution < -0.4 is 0 Å². The number of aliphatic hydroxyl groups excluding tert-OH is 1. The average Bonchev–Trinajstić information content (AvgIpc) is 2.72. The molecule has 1 aromatic carbocycles. The Morgan fingerprint density at radius 2 is 1.48 bits per heavy atom. The van der Waals surface area contributed by atoms with Crippen molar-refractivity contribution in [3.05, 3.63) is 35.9 Å². The van der Waals surface area contributed by atoms with Crippen molar-refractivity contribution in [1.82, 2.24) is 5.06 Å². The van der Waals surface area contributed by atoms with E-state index in [9.17, 15) is 19.8 Å². The van der Waals surface area contributed by atoms with Crippen LogP contribution in [-0.2, 0) is 25.7 Å². The summed E-state index contributed by atoms with van der Waals surface area (Å²) in [7, 11) is 1.73. The predicted molar refractivity (Wildman–Crippen MR) is 119 cm³/mol. The van der Waals surface area contributed by atoms with Gasteiger partial charge in [0.15, 0.2) is 6.04 Å². The summed E-state index contributed by atoms with van der Waals surface area (Å²) in [5.41, 5.74) is 0.796. The van der Waals surface area contributed by atoms with Crippen molar-refractivity contribution in [3.63, 3.8) is 0 Å². The van der Waals surface area contributed by atoms with E-state index in [1.54, 1.807) is 7.11 Å². The van der Waals surface area contributed by atoms with E-state index in [2.05, 4.69) is 0 Å². The molecule has 7 heteroatoms. The third kappa shape index (κ3) is 12.5. The number of carboxylic acid groups (broad SMARTS) is 1. The first-order valence-corrected chi connectivity index (χ1v) is 11.4. The third-order valence-corrected chi connectivity index (χ3v) is 5.15. The molecule has 0 amide bonds. The number of aliphatic hydroxyl groups is 1. The second-order valence-electron chi connectivity index (χ2n) is 7.97. The molecule has 1 aromatic rings. The van der Waals surface area contributed by atoms with Crippen LogP contribution in [-0.4, -0.2) is 53.1 Å². The maximum Gasteiger partial charge on any atom is 0.327 e. The van der Waals surface area contributed by atoms with E-state index in [1.165, 1.54) is 32.6 Å². The average molecular weight is 438 g/mol. The summed E-state index contributed by atoms with van der Waals surface area (Å²) < 4.78 is 5.04. The lowest BCUT2D eigenvalue weighted by atomic mass is 10.1. The standard InChI is InChI=1S/C24H39NO6/c1-20(26)23(24(28)29)25(19-21-15-11-10-12-16-21)31-22(27)17-13-8-6-4-3-5-7-9-14-18-30-2/h10-12,15-16,20,23,26H,3-9,13-14,17-19H2,1-2H3,(H,28,29)/t20-,23+/m0/s1. The van der Waals surface area contributed by atoms with Gasteiger partial charge in [-0.1, -0.05) is 75.3 Å². The molecule has 31 heavy (non-hydrogen) atoms. The quantitative estimate of drug-likeness (QED) is 0.261. The van der Waals surface area contributed by atoms with E-state index < -0.39 is 24.1 Å². The lowest BCUT2D eigenvalue weighted by Crippen LogP contribution is -2.48. The highest BCUT2D eigenvalue weighted by atomic mass is 16.7. The number of methoxy groups -OCH3 is 1. The maximum absolute atomic E-state index is 12.3. The number of nitrogens with zero attached hydrogens (tertiary/aromatic N) is 1. The van der Waals surface area contributed by atoms with E-state index in [4.69, 9.17) is 9.57 Å². The van der Waals surface area contributed by atoms with Gasteiger partial charge in [-0.2, -0.15) is 0 Å². The highest BCUT2D eigenvalue weighted by Crippen LogP contribution is 2.15. The van der Waals surface area contributed by atoms with Gasteiger partial charge in [0.2, 0.25) is 0 Å². The molecule has 2 N–H and O–H groups in total. The number of carbonyl (C=O) groups is 2. The molecular formula is C24H39NO6. The summed E-state index contributed by atoms with van der Waals surface area (Å²) in [6.07, 6.45) is 8.92. The normalized spacial score (nSPS) is 13.2. The summed E-state index contributed by atoms with van der Waals surface area (Å²) >= 11 is 0. The molecule has 0 aliphatic rings. The van der Waals surface area contributed by atoms with Crippen LogP contribution in [0.1, 0.15) is 76.7 Å². The number of hydroxylamine groups is 2. The first-order chi connectivity index (χ1) is 15.0. The molecule has 0 aliphatic carbocycles. The number of aliphatic carboxylic acids is 1. The first-order valence-electron chi connectivity index (χ1n) is 11.4. The van der Waals surface area contributed by atoms with Gasteiger partial charge in [-0.05, 0) is 25.3 Å². The van der Waals surface area contributed by atoms with Crippen LogP contribution in [0.3, 0.4) is 0 Å². The summed E-state index contributed by atoms with van der Waals surface area (Å²) in [6.45, 7) is 2.31. The van der Waals surface area contributed by atoms with Crippen molar-refractivity contribution < 1.29 is 29.4 Å². The lowest BCUT2D eigenvalue weighted by molar-refractivity contribution is -0.219. The molecule has 1 rings (SSSR count). The van der Waals surface area contributed by atoms with Crippen LogP contribution in [0.4, 0.5) is 0 Å². The Morgan fingerprint density at radius 3 is 2.00 bits per heavy atom. The van der Waals surface area contributed by atoms with Crippen LogP contribution in [0, 0.1) is 0 Å². The molecule has 0 bridgehead atoms. The number of hydrogen-bond acceptors (Lipinski definition) is 6. The Balaban J connectivity index is 2.34. The number of benzene rings is 1. The fourth-order valence-corrected chi connectivity index (χ4v) is 3.45. The van der Waals surface area contributed by atoms with Crippen molar-refractivity contribution in [3.8, 4) is 0 Å². The molecule has 0 aromatic heterocycles. The van der Waals surface area contributed by atoms with E-state index in [-0.39, 0.29) is 13.0 Å². The molecule has 0 fully saturated rings. The zero-order valence-electron chi connectivity index (χ0n) is 19.0. The number of carboxylic acids is 1. The lowest BCUT2D eigenvalue weighted by Gasteiger charge is -2.29. The molecule has 0 spiro atoms. The Kier molecular flexibility index (Phi) is 14.6. The van der Waals surface area contributed by atoms with Crippen LogP contribution >= 0.6 is 0 Å². The van der Waals surface area contributed by atoms with Gasteiger partial charge in [-0.25, -0.2) is 0 Å². The molecule has 0 radical (unpaired) electrons. The van der Waals surface area contributed by atoms with Gasteiger partial charge in [0.05, 0.1) is 12.6 Å². The zero-order chi connectivity index (χ0) is 22.9. The van der Waals surface area contributed by atoms with Gasteiger partial charge >= 0.3 is 11.9 Å². The van der Waals surface area contributed by atoms with E-state index in [1.807, 2.05) is 30.3 Å². The minimum atomic E-state index is -1.33. The molecule has 0 saturated carbocycles. The topological polar surface area (TPSA) is 96.3 Å². The SMILES string of the molecule is COCCCCCCCCCCCC(=O)ON(Cc1ccccc1)[C@@H](C(=O)O)[C@H](C)O. The van der Waals surface area contributed by atoms with Crippen molar-refractivity contribution >= 4 is 11.9 Å². The van der Waals surface area contributed by atoms with Crippen LogP contribution in [0.5, 0.6) is 0 Å². The monoisotopic (exact) mass is 437 g/mol. The molecule has 0 saturated heterocycles. The smallest absolute Gasteiger partial charge is 0.327 e. The van der Waals surface area contributed by atoms with Crippen molar-refractivity contribution in [2.45, 2.75) is 89.8 Å². The van der Waals surface area contributed by atoms with Crippen LogP contribution in [0.15, 0.2) is 30.3 Å². The Bertz CT molecular complexity index is 607. The Labute approximate surface area is 186 Å². The summed E-state index contributed by atoms with van der Waals surface area (Å²) in [6, 6.07) is 7.82. The van der Waals surface area contributed by atoms with Crippen LogP contribution in [0.2, 0.25) is 0 Å². The van der Waals surface area contributed by atoms with Gasteiger partial charge in [-0.3, -0.25) is 9.59 Å². The molecule has 7 nitrogen and oxygen atoms in total. The fraction of sp³-hybridized carbons (Fsp3) is 0.667. The summed E-state index contributed by atoms with van der Waals surface area (Å²) in [5, 5.41) is 20.5. The largest absolute Gasteiger partial charge is 0.480 e. The fourth-order valence-electron chi connectivity index (χ4n) is 3.45. The van der Waals surface area contributed by atoms with Crippen LogP contribution in [0.25, 0.3) is 0 Å². The van der Waals surface area contributed by atoms with Crippen molar-refractivity contribution in [2.24, 2.45) is 0 Å². The van der Waals surface area contributed by atoms with Gasteiger partial charge in [0.25, 0.3) is 0 Å². The Hall–Kier alpha value is -1.96. The predicted octanol–water partition coefficient (Wildman–Crippen LogP) is 4.33. The molecule has 0 heterocycles. The van der Waals surface area contributed by atoms with Gasteiger partial charge in [0, 0.05) is 20.1 Å². The minimum absolute atomic E-state index is 0.0961. The van der Waals surface area contributed by atoms with E-state index in [0.29, 0.717) is 6.42 Å². The number of ether oxygens (including phenoxy) is 1. The van der Waals surface area contributed by atoms with Gasteiger partial charge in [0.1, 0.15) is 0 Å². The molecule has 2 atom stereocenters. The number of carbonyl (C=O) groups excluding carboxylic acids is 1. The van der Waals surface area contributed by atoms with E-state index >= 15 is 0 Å². The summed E-state index contributed by atoms with van der Waals surface area (Å²) in [4.78, 5) is 29.3. The number of unbranched alkanes of at least 4 members (excludes halogenated alkanes) is 8. The van der Waals surface area contributed by atoms with E-state index in [0.717, 1.165) is 42.9 Å². The summed E-state index contributed by atoms with van der Waals surface area (Å²) in [5.74, 6) is -1.71. The highest BCUT2D eigenvalue weighted by Gasteiger charge is 2.33. The first kappa shape index (κ1) is 27.1. The zero-order valence-corrected chi connectivity index (χ0v) is 19.0. The molecule has 0 unspecified atom stereocenters. The third-order valence-electron chi connectivity index (χ3n) is 5.15. The molecular weight excluding hydrogens is 398 g/mol. The van der Waals surface area contributed by atoms with Gasteiger partial charge in [-0.15, -0.1) is 5.06 Å². The maximum atomic E-state index is 12.3.